The van der Waals surface area contributed by atoms with E-state index in [0.717, 1.165) is 0 Å². The Morgan fingerprint density at radius 3 is 1.74 bits per heavy atom. The van der Waals surface area contributed by atoms with Crippen LogP contribution in [0.3, 0.4) is 0 Å². The fraction of sp³-hybridized carbons (Fsp3) is 0.879. The zero-order chi connectivity index (χ0) is 70.1. The molecule has 2 bridgehead atoms. The number of hydrogen-bond acceptors (Lipinski definition) is 28. The predicted molar refractivity (Wildman–Crippen MR) is 321 cm³/mol. The maximum atomic E-state index is 14.2. The van der Waals surface area contributed by atoms with Crippen LogP contribution in [0, 0.1) is 56.2 Å². The molecule has 0 aromatic rings. The normalized spacial score (nSPS) is 51.0. The van der Waals surface area contributed by atoms with E-state index in [4.69, 9.17) is 52.1 Å². The van der Waals surface area contributed by atoms with Crippen molar-refractivity contribution in [3.63, 3.8) is 0 Å². The van der Waals surface area contributed by atoms with Crippen molar-refractivity contribution in [3.05, 3.63) is 23.3 Å². The monoisotopic (exact) mass is 1360 g/mol. The number of carbonyl (C=O) groups is 4. The Morgan fingerprint density at radius 2 is 1.14 bits per heavy atom. The minimum absolute atomic E-state index is 0.101. The number of fused-ring (bicyclic) bond motifs is 4. The van der Waals surface area contributed by atoms with Crippen LogP contribution in [0.25, 0.3) is 0 Å². The number of rotatable bonds is 16. The fourth-order valence-corrected chi connectivity index (χ4v) is 19.8. The van der Waals surface area contributed by atoms with Crippen molar-refractivity contribution in [2.45, 2.75) is 294 Å². The molecule has 29 nitrogen and oxygen atoms in total. The molecule has 0 unspecified atom stereocenters. The Hall–Kier alpha value is -3.48. The van der Waals surface area contributed by atoms with E-state index in [-0.39, 0.29) is 36.7 Å². The summed E-state index contributed by atoms with van der Waals surface area (Å²) in [5, 5.41) is 155. The highest BCUT2D eigenvalue weighted by Gasteiger charge is 2.86. The highest BCUT2D eigenvalue weighted by molar-refractivity contribution is 5.89. The van der Waals surface area contributed by atoms with Crippen LogP contribution in [-0.2, 0) is 71.3 Å². The molecule has 4 heterocycles. The van der Waals surface area contributed by atoms with E-state index in [2.05, 4.69) is 20.8 Å². The van der Waals surface area contributed by atoms with Crippen LogP contribution < -0.4 is 0 Å². The van der Waals surface area contributed by atoms with E-state index < -0.39 is 234 Å². The van der Waals surface area contributed by atoms with Gasteiger partial charge >= 0.3 is 23.9 Å². The molecule has 540 valence electrons. The first-order valence-corrected chi connectivity index (χ1v) is 33.4. The van der Waals surface area contributed by atoms with E-state index in [9.17, 15) is 90.7 Å². The SMILES string of the molecule is C/C=C(/C)C(=O)O[C@H]1[C@H](OC(=O)/C(C)=C\C)[C@@]23[C@@H](CC1(C)C)[C@]1(CC[C@@H]4[C@@]5(C)CC[C@H](O[C@@H]6O[C@H](C(=O)O)[C@@H](O)[C@H](O[C@@H]7O[C@H](CO)[C@H](O)[C@H](O)[C@H]7O[C@@H]7O[C@@H](O)[C@H](O)[C@@H](O)[C@H]7O)[C@H]6O[C@@H]6C[C@H](CO)[C@H](O)[C@H](O)[C@@H]6O)C(C)(C)[C@@H]5CC[C@@]4(C)[C@]1(C)C[C@H]2OC(C)=O)O[C@@H]3O. The summed E-state index contributed by atoms with van der Waals surface area (Å²) < 4.78 is 69.9. The first-order chi connectivity index (χ1) is 44.3. The molecule has 10 aliphatic rings. The van der Waals surface area contributed by atoms with Gasteiger partial charge in [0.25, 0.3) is 0 Å². The third kappa shape index (κ3) is 11.8. The molecular formula is C66H102O29. The van der Waals surface area contributed by atoms with Gasteiger partial charge in [-0.2, -0.15) is 0 Å². The lowest BCUT2D eigenvalue weighted by molar-refractivity contribution is -0.404. The van der Waals surface area contributed by atoms with Gasteiger partial charge in [0, 0.05) is 47.3 Å². The molecule has 0 aromatic carbocycles. The maximum Gasteiger partial charge on any atom is 0.335 e. The number of hydrogen-bond donors (Lipinski definition) is 14. The number of allylic oxidation sites excluding steroid dienone is 2. The summed E-state index contributed by atoms with van der Waals surface area (Å²) in [4.78, 5) is 55.1. The Labute approximate surface area is 551 Å². The van der Waals surface area contributed by atoms with Gasteiger partial charge in [-0.15, -0.1) is 0 Å². The van der Waals surface area contributed by atoms with Crippen molar-refractivity contribution in [1.82, 2.24) is 0 Å². The average molecular weight is 1360 g/mol. The second-order valence-electron chi connectivity index (χ2n) is 30.7. The summed E-state index contributed by atoms with van der Waals surface area (Å²) >= 11 is 0. The van der Waals surface area contributed by atoms with Crippen LogP contribution in [0.2, 0.25) is 0 Å². The van der Waals surface area contributed by atoms with Crippen molar-refractivity contribution in [2.24, 2.45) is 56.2 Å². The lowest BCUT2D eigenvalue weighted by atomic mass is 9.30. The van der Waals surface area contributed by atoms with E-state index in [1.54, 1.807) is 39.8 Å². The number of esters is 3. The van der Waals surface area contributed by atoms with Crippen LogP contribution in [0.4, 0.5) is 0 Å². The number of carbonyl (C=O) groups excluding carboxylic acids is 3. The van der Waals surface area contributed by atoms with Gasteiger partial charge in [0.2, 0.25) is 0 Å². The first kappa shape index (κ1) is 74.2. The summed E-state index contributed by atoms with van der Waals surface area (Å²) in [5.74, 6) is -5.78. The van der Waals surface area contributed by atoms with Crippen LogP contribution >= 0.6 is 0 Å². The standard InChI is InChI=1S/C66H102O29/c1-13-26(3)53(81)92-50-51(93-54(82)27(4)14-2)66-34(22-60(50,6)7)65(95-59(66)84)20-16-33-62(10)18-17-35(61(8,9)32(62)15-19-63(33,11)64(65,12)23-36(66)85-28(5)69)88-58-49(86-30-21-29(24-67)37(70)40(73)38(30)71)46(45(78)47(90-58)52(79)80)89-57-48(42(75)39(72)31(25-68)87-57)91-56-44(77)41(74)43(76)55(83)94-56/h13-14,29-51,55-59,67-68,70-78,83-84H,15-25H2,1-12H3,(H,79,80)/b26-13-,27-14-/t29-,30-,31-,32+,33-,34+,35+,36-,37+,38-,39+,40+,41-,42+,43-,44-,45+,46+,47+,48-,49-,50+,51+,55-,56-,57+,58-,59+,62+,63-,64+,65+,66-/m1/s1. The smallest absolute Gasteiger partial charge is 0.335 e. The largest absolute Gasteiger partial charge is 0.479 e. The molecule has 6 aliphatic carbocycles. The molecule has 4 aliphatic heterocycles. The molecule has 95 heavy (non-hydrogen) atoms. The predicted octanol–water partition coefficient (Wildman–Crippen LogP) is -0.772. The number of carboxylic acids is 1. The zero-order valence-corrected chi connectivity index (χ0v) is 56.0. The van der Waals surface area contributed by atoms with Crippen LogP contribution in [-0.4, -0.2) is 262 Å². The molecule has 4 saturated heterocycles. The Morgan fingerprint density at radius 1 is 0.537 bits per heavy atom. The second kappa shape index (κ2) is 26.8. The minimum atomic E-state index is -2.29. The van der Waals surface area contributed by atoms with E-state index in [1.165, 1.54) is 6.92 Å². The van der Waals surface area contributed by atoms with Crippen LogP contribution in [0.1, 0.15) is 141 Å². The topological polar surface area (TPSA) is 453 Å². The molecule has 1 spiro atoms. The third-order valence-corrected chi connectivity index (χ3v) is 25.3. The number of aliphatic carboxylic acids is 1. The molecule has 6 saturated carbocycles. The number of aliphatic hydroxyl groups is 13. The van der Waals surface area contributed by atoms with Gasteiger partial charge in [-0.25, -0.2) is 14.4 Å². The Bertz CT molecular complexity index is 2890. The van der Waals surface area contributed by atoms with Crippen molar-refractivity contribution >= 4 is 23.9 Å². The zero-order valence-electron chi connectivity index (χ0n) is 56.0. The Balaban J connectivity index is 0.996. The average Bonchev–Trinajstić information content (AvgIpc) is 1.58. The molecule has 0 aromatic heterocycles. The van der Waals surface area contributed by atoms with Gasteiger partial charge in [-0.05, 0) is 114 Å². The van der Waals surface area contributed by atoms with Gasteiger partial charge in [-0.1, -0.05) is 60.6 Å². The molecule has 14 N–H and O–H groups in total. The van der Waals surface area contributed by atoms with E-state index in [1.807, 2.05) is 27.7 Å². The van der Waals surface area contributed by atoms with Crippen molar-refractivity contribution in [2.75, 3.05) is 13.2 Å². The molecule has 29 heteroatoms. The highest BCUT2D eigenvalue weighted by atomic mass is 16.8. The molecule has 0 radical (unpaired) electrons. The number of carboxylic acid groups (broad SMARTS) is 1. The van der Waals surface area contributed by atoms with Gasteiger partial charge in [0.1, 0.15) is 90.9 Å². The summed E-state index contributed by atoms with van der Waals surface area (Å²) in [6.45, 7) is 20.7. The van der Waals surface area contributed by atoms with Gasteiger partial charge in [0.05, 0.1) is 30.5 Å². The second-order valence-corrected chi connectivity index (χ2v) is 30.7. The van der Waals surface area contributed by atoms with Gasteiger partial charge in [0.15, 0.2) is 43.7 Å². The summed E-state index contributed by atoms with van der Waals surface area (Å²) in [7, 11) is 0. The Kier molecular flexibility index (Phi) is 20.9. The summed E-state index contributed by atoms with van der Waals surface area (Å²) in [6.07, 6.45) is -38.0. The van der Waals surface area contributed by atoms with Crippen LogP contribution in [0.5, 0.6) is 0 Å². The summed E-state index contributed by atoms with van der Waals surface area (Å²) in [5.41, 5.74) is -6.03. The lowest BCUT2D eigenvalue weighted by Crippen LogP contribution is -2.77. The van der Waals surface area contributed by atoms with E-state index >= 15 is 0 Å². The lowest BCUT2D eigenvalue weighted by Gasteiger charge is -2.75. The van der Waals surface area contributed by atoms with Crippen molar-refractivity contribution in [3.8, 4) is 0 Å². The quantitative estimate of drug-likeness (QED) is 0.0390. The molecule has 10 fully saturated rings. The molecule has 0 amide bonds. The fourth-order valence-electron chi connectivity index (χ4n) is 19.8. The molecular weight excluding hydrogens is 1260 g/mol. The third-order valence-electron chi connectivity index (χ3n) is 25.3. The molecule has 10 rings (SSSR count). The van der Waals surface area contributed by atoms with Gasteiger partial charge in [-0.3, -0.25) is 4.79 Å². The maximum absolute atomic E-state index is 14.2. The minimum Gasteiger partial charge on any atom is -0.479 e. The van der Waals surface area contributed by atoms with Crippen molar-refractivity contribution < 1.29 is 143 Å². The highest BCUT2D eigenvalue weighted by Crippen LogP contribution is 2.82. The van der Waals surface area contributed by atoms with E-state index in [0.29, 0.717) is 44.1 Å². The molecule has 33 atom stereocenters. The summed E-state index contributed by atoms with van der Waals surface area (Å²) in [6, 6.07) is 0. The number of ether oxygens (including phenoxy) is 11. The van der Waals surface area contributed by atoms with Crippen molar-refractivity contribution in [1.29, 1.82) is 0 Å². The first-order valence-electron chi connectivity index (χ1n) is 33.4. The number of aliphatic hydroxyl groups excluding tert-OH is 13. The van der Waals surface area contributed by atoms with Gasteiger partial charge < -0.3 is 124 Å². The van der Waals surface area contributed by atoms with Crippen LogP contribution in [0.15, 0.2) is 23.3 Å².